The van der Waals surface area contributed by atoms with Crippen molar-refractivity contribution in [1.29, 1.82) is 0 Å². The largest absolute Gasteiger partial charge is 0.497 e. The summed E-state index contributed by atoms with van der Waals surface area (Å²) in [5, 5.41) is 14.0. The van der Waals surface area contributed by atoms with Crippen molar-refractivity contribution in [2.75, 3.05) is 20.3 Å². The van der Waals surface area contributed by atoms with Crippen LogP contribution in [0.2, 0.25) is 0 Å². The molecule has 0 amide bonds. The standard InChI is InChI=1S/C24H24N2O8/c1-4-33-22(28)24(23(29)34-5-2)14-19(21(27)16-8-12-18(32-3)13-9-16)20(25-24)15-6-10-17(11-7-15)26(30)31/h6-14,20,25H,4-5H2,1-3H3/t20-/m0/s1. The van der Waals surface area contributed by atoms with Gasteiger partial charge in [-0.1, -0.05) is 12.1 Å². The maximum atomic E-state index is 13.5. The maximum absolute atomic E-state index is 13.5. The van der Waals surface area contributed by atoms with Gasteiger partial charge in [0.05, 0.1) is 31.3 Å². The molecule has 10 heteroatoms. The minimum atomic E-state index is -2.06. The van der Waals surface area contributed by atoms with Crippen LogP contribution in [0.15, 0.2) is 60.2 Å². The molecule has 0 saturated carbocycles. The van der Waals surface area contributed by atoms with Crippen molar-refractivity contribution in [1.82, 2.24) is 5.32 Å². The van der Waals surface area contributed by atoms with Crippen LogP contribution in [0.25, 0.3) is 0 Å². The second kappa shape index (κ2) is 10.3. The molecule has 0 aromatic heterocycles. The van der Waals surface area contributed by atoms with Crippen molar-refractivity contribution >= 4 is 23.4 Å². The lowest BCUT2D eigenvalue weighted by molar-refractivity contribution is -0.384. The van der Waals surface area contributed by atoms with Crippen LogP contribution in [-0.2, 0) is 19.1 Å². The zero-order chi connectivity index (χ0) is 24.9. The van der Waals surface area contributed by atoms with Gasteiger partial charge in [-0.15, -0.1) is 0 Å². The number of nitrogens with zero attached hydrogens (tertiary/aromatic N) is 1. The molecule has 0 aliphatic carbocycles. The van der Waals surface area contributed by atoms with Crippen LogP contribution in [0.1, 0.15) is 35.8 Å². The van der Waals surface area contributed by atoms with E-state index >= 15 is 0 Å². The molecule has 1 aliphatic rings. The van der Waals surface area contributed by atoms with Gasteiger partial charge in [0, 0.05) is 23.3 Å². The van der Waals surface area contributed by atoms with Gasteiger partial charge in [0.25, 0.3) is 5.69 Å². The number of esters is 2. The van der Waals surface area contributed by atoms with Crippen LogP contribution < -0.4 is 10.1 Å². The molecule has 1 N–H and O–H groups in total. The van der Waals surface area contributed by atoms with Gasteiger partial charge in [-0.05, 0) is 49.8 Å². The van der Waals surface area contributed by atoms with Gasteiger partial charge in [-0.2, -0.15) is 0 Å². The fourth-order valence-electron chi connectivity index (χ4n) is 3.63. The Labute approximate surface area is 195 Å². The third-order valence-corrected chi connectivity index (χ3v) is 5.30. The van der Waals surface area contributed by atoms with Gasteiger partial charge < -0.3 is 14.2 Å². The van der Waals surface area contributed by atoms with E-state index in [0.29, 0.717) is 16.9 Å². The zero-order valence-corrected chi connectivity index (χ0v) is 18.9. The van der Waals surface area contributed by atoms with Gasteiger partial charge in [-0.25, -0.2) is 9.59 Å². The van der Waals surface area contributed by atoms with Gasteiger partial charge in [0.15, 0.2) is 5.78 Å². The first-order chi connectivity index (χ1) is 16.3. The number of ether oxygens (including phenoxy) is 3. The number of nitro benzene ring substituents is 1. The molecular weight excluding hydrogens is 444 g/mol. The van der Waals surface area contributed by atoms with Gasteiger partial charge >= 0.3 is 11.9 Å². The van der Waals surface area contributed by atoms with E-state index in [-0.39, 0.29) is 24.5 Å². The molecule has 0 radical (unpaired) electrons. The molecule has 1 atom stereocenters. The molecule has 0 fully saturated rings. The number of non-ortho nitro benzene ring substituents is 1. The Morgan fingerprint density at radius 3 is 2.00 bits per heavy atom. The maximum Gasteiger partial charge on any atom is 0.342 e. The molecule has 0 bridgehead atoms. The lowest BCUT2D eigenvalue weighted by Crippen LogP contribution is -2.56. The number of carbonyl (C=O) groups excluding carboxylic acids is 3. The molecule has 178 valence electrons. The van der Waals surface area contributed by atoms with Crippen molar-refractivity contribution in [2.24, 2.45) is 0 Å². The van der Waals surface area contributed by atoms with E-state index in [2.05, 4.69) is 5.32 Å². The lowest BCUT2D eigenvalue weighted by atomic mass is 9.93. The lowest BCUT2D eigenvalue weighted by Gasteiger charge is -2.26. The smallest absolute Gasteiger partial charge is 0.342 e. The number of ketones is 1. The summed E-state index contributed by atoms with van der Waals surface area (Å²) in [6, 6.07) is 10.9. The number of nitro groups is 1. The van der Waals surface area contributed by atoms with Crippen LogP contribution in [0.5, 0.6) is 5.75 Å². The first-order valence-corrected chi connectivity index (χ1v) is 10.5. The molecule has 34 heavy (non-hydrogen) atoms. The Kier molecular flexibility index (Phi) is 7.42. The third-order valence-electron chi connectivity index (χ3n) is 5.30. The summed E-state index contributed by atoms with van der Waals surface area (Å²) in [6.45, 7) is 3.18. The SMILES string of the molecule is CCOC(=O)C1(C(=O)OCC)C=C(C(=O)c2ccc(OC)cc2)[C@H](c2ccc([N+](=O)[O-])cc2)N1. The van der Waals surface area contributed by atoms with Gasteiger partial charge in [0.2, 0.25) is 5.54 Å². The highest BCUT2D eigenvalue weighted by molar-refractivity contribution is 6.15. The highest BCUT2D eigenvalue weighted by Gasteiger charge is 2.54. The first-order valence-electron chi connectivity index (χ1n) is 10.5. The monoisotopic (exact) mass is 468 g/mol. The Bertz CT molecular complexity index is 1100. The molecule has 1 heterocycles. The average molecular weight is 468 g/mol. The fourth-order valence-corrected chi connectivity index (χ4v) is 3.63. The molecule has 1 aliphatic heterocycles. The van der Waals surface area contributed by atoms with Crippen LogP contribution in [0.4, 0.5) is 5.69 Å². The first kappa shape index (κ1) is 24.6. The number of methoxy groups -OCH3 is 1. The van der Waals surface area contributed by atoms with E-state index in [1.807, 2.05) is 0 Å². The molecular formula is C24H24N2O8. The predicted octanol–water partition coefficient (Wildman–Crippen LogP) is 2.92. The van der Waals surface area contributed by atoms with E-state index in [1.54, 1.807) is 38.1 Å². The van der Waals surface area contributed by atoms with E-state index in [1.165, 1.54) is 37.5 Å². The van der Waals surface area contributed by atoms with E-state index in [0.717, 1.165) is 0 Å². The predicted molar refractivity (Wildman–Crippen MR) is 120 cm³/mol. The van der Waals surface area contributed by atoms with Crippen molar-refractivity contribution in [3.63, 3.8) is 0 Å². The summed E-state index contributed by atoms with van der Waals surface area (Å²) >= 11 is 0. The number of hydrogen-bond acceptors (Lipinski definition) is 9. The summed E-state index contributed by atoms with van der Waals surface area (Å²) in [7, 11) is 1.50. The fraction of sp³-hybridized carbons (Fsp3) is 0.292. The van der Waals surface area contributed by atoms with Crippen LogP contribution in [0.3, 0.4) is 0 Å². The molecule has 0 saturated heterocycles. The van der Waals surface area contributed by atoms with Crippen molar-refractivity contribution in [2.45, 2.75) is 25.4 Å². The average Bonchev–Trinajstić information content (AvgIpc) is 3.26. The number of hydrogen-bond donors (Lipinski definition) is 1. The Morgan fingerprint density at radius 1 is 0.971 bits per heavy atom. The van der Waals surface area contributed by atoms with Crippen molar-refractivity contribution in [3.8, 4) is 5.75 Å². The highest BCUT2D eigenvalue weighted by atomic mass is 16.6. The molecule has 2 aromatic rings. The third kappa shape index (κ3) is 4.67. The van der Waals surface area contributed by atoms with E-state index < -0.39 is 34.2 Å². The zero-order valence-electron chi connectivity index (χ0n) is 18.9. The number of benzene rings is 2. The summed E-state index contributed by atoms with van der Waals surface area (Å²) in [5.41, 5.74) is -1.37. The number of nitrogens with one attached hydrogen (secondary N) is 1. The topological polar surface area (TPSA) is 134 Å². The van der Waals surface area contributed by atoms with Crippen LogP contribution in [0, 0.1) is 10.1 Å². The number of carbonyl (C=O) groups is 3. The quantitative estimate of drug-likeness (QED) is 0.194. The van der Waals surface area contributed by atoms with E-state index in [4.69, 9.17) is 14.2 Å². The van der Waals surface area contributed by atoms with Crippen LogP contribution in [-0.4, -0.2) is 48.5 Å². The van der Waals surface area contributed by atoms with Crippen LogP contribution >= 0.6 is 0 Å². The Hall–Kier alpha value is -4.05. The molecule has 0 unspecified atom stereocenters. The second-order valence-corrected chi connectivity index (χ2v) is 7.33. The van der Waals surface area contributed by atoms with Gasteiger partial charge in [-0.3, -0.25) is 20.2 Å². The Morgan fingerprint density at radius 2 is 1.53 bits per heavy atom. The molecule has 2 aromatic carbocycles. The molecule has 3 rings (SSSR count). The Balaban J connectivity index is 2.13. The summed E-state index contributed by atoms with van der Waals surface area (Å²) in [5.74, 6) is -1.74. The minimum absolute atomic E-state index is 0.000529. The second-order valence-electron chi connectivity index (χ2n) is 7.33. The van der Waals surface area contributed by atoms with Crippen molar-refractivity contribution < 1.29 is 33.5 Å². The summed E-state index contributed by atoms with van der Waals surface area (Å²) in [6.07, 6.45) is 1.22. The molecule has 0 spiro atoms. The molecule has 10 nitrogen and oxygen atoms in total. The normalized spacial score (nSPS) is 16.3. The minimum Gasteiger partial charge on any atom is -0.497 e. The summed E-state index contributed by atoms with van der Waals surface area (Å²) in [4.78, 5) is 49.9. The highest BCUT2D eigenvalue weighted by Crippen LogP contribution is 2.37. The number of rotatable bonds is 9. The van der Waals surface area contributed by atoms with E-state index in [9.17, 15) is 24.5 Å². The van der Waals surface area contributed by atoms with Gasteiger partial charge in [0.1, 0.15) is 5.75 Å². The number of Topliss-reactive ketones (excluding diaryl/α,β-unsaturated/α-hetero) is 1. The summed E-state index contributed by atoms with van der Waals surface area (Å²) < 4.78 is 15.4. The van der Waals surface area contributed by atoms with Crippen molar-refractivity contribution in [3.05, 3.63) is 81.4 Å².